The summed E-state index contributed by atoms with van der Waals surface area (Å²) in [5, 5.41) is 2.99. The lowest BCUT2D eigenvalue weighted by Crippen LogP contribution is -2.36. The third kappa shape index (κ3) is 7.71. The summed E-state index contributed by atoms with van der Waals surface area (Å²) in [6.45, 7) is 5.32. The molecule has 0 saturated heterocycles. The lowest BCUT2D eigenvalue weighted by molar-refractivity contribution is -0.121. The largest absolute Gasteiger partial charge is 0.375 e. The molecule has 0 aliphatic heterocycles. The minimum atomic E-state index is 0.121. The van der Waals surface area contributed by atoms with Crippen LogP contribution in [0, 0.1) is 0 Å². The number of hydrogen-bond acceptors (Lipinski definition) is 3. The topological polar surface area (TPSA) is 35.6 Å². The highest BCUT2D eigenvalue weighted by atomic mass is 16.2. The summed E-state index contributed by atoms with van der Waals surface area (Å²) in [6, 6.07) is 10.3. The third-order valence-electron chi connectivity index (χ3n) is 3.50. The first-order chi connectivity index (χ1) is 10.1. The van der Waals surface area contributed by atoms with Crippen molar-refractivity contribution in [1.29, 1.82) is 0 Å². The van der Waals surface area contributed by atoms with Crippen LogP contribution in [-0.4, -0.2) is 51.1 Å². The molecule has 4 heteroatoms. The second-order valence-corrected chi connectivity index (χ2v) is 5.55. The Bertz CT molecular complexity index is 394. The zero-order valence-electron chi connectivity index (χ0n) is 13.6. The van der Waals surface area contributed by atoms with Crippen LogP contribution in [-0.2, 0) is 4.79 Å². The number of nitrogens with zero attached hydrogens (tertiary/aromatic N) is 2. The fourth-order valence-corrected chi connectivity index (χ4v) is 2.16. The standard InChI is InChI=1S/C17H29N3O/c1-4-5-13-19(2)15-17(21)18-12-9-14-20(3)16-10-7-6-8-11-16/h6-8,10-11H,4-5,9,12-15H2,1-3H3,(H,18,21). The number of hydrogen-bond donors (Lipinski definition) is 1. The maximum atomic E-state index is 11.8. The predicted molar refractivity (Wildman–Crippen MR) is 89.7 cm³/mol. The molecule has 0 radical (unpaired) electrons. The lowest BCUT2D eigenvalue weighted by atomic mass is 10.3. The lowest BCUT2D eigenvalue weighted by Gasteiger charge is -2.19. The van der Waals surface area contributed by atoms with Gasteiger partial charge in [-0.2, -0.15) is 0 Å². The van der Waals surface area contributed by atoms with Crippen molar-refractivity contribution in [1.82, 2.24) is 10.2 Å². The number of benzene rings is 1. The molecule has 0 heterocycles. The van der Waals surface area contributed by atoms with Gasteiger partial charge in [0.2, 0.25) is 5.91 Å². The molecule has 0 aliphatic carbocycles. The van der Waals surface area contributed by atoms with Crippen molar-refractivity contribution in [2.24, 2.45) is 0 Å². The smallest absolute Gasteiger partial charge is 0.234 e. The molecule has 1 amide bonds. The number of nitrogens with one attached hydrogen (secondary N) is 1. The zero-order valence-corrected chi connectivity index (χ0v) is 13.6. The SMILES string of the molecule is CCCCN(C)CC(=O)NCCCN(C)c1ccccc1. The number of para-hydroxylation sites is 1. The van der Waals surface area contributed by atoms with E-state index in [9.17, 15) is 4.79 Å². The average Bonchev–Trinajstić information content (AvgIpc) is 2.50. The van der Waals surface area contributed by atoms with Crippen LogP contribution in [0.1, 0.15) is 26.2 Å². The van der Waals surface area contributed by atoms with Gasteiger partial charge >= 0.3 is 0 Å². The summed E-state index contributed by atoms with van der Waals surface area (Å²) in [4.78, 5) is 16.1. The van der Waals surface area contributed by atoms with Gasteiger partial charge in [0.1, 0.15) is 0 Å². The second-order valence-electron chi connectivity index (χ2n) is 5.55. The van der Waals surface area contributed by atoms with Crippen LogP contribution in [0.15, 0.2) is 30.3 Å². The van der Waals surface area contributed by atoms with Gasteiger partial charge in [-0.25, -0.2) is 0 Å². The molecule has 0 unspecified atom stereocenters. The van der Waals surface area contributed by atoms with Crippen LogP contribution in [0.2, 0.25) is 0 Å². The van der Waals surface area contributed by atoms with Crippen molar-refractivity contribution in [3.63, 3.8) is 0 Å². The molecule has 1 aromatic rings. The molecule has 0 aromatic heterocycles. The maximum absolute atomic E-state index is 11.8. The van der Waals surface area contributed by atoms with Crippen LogP contribution in [0.3, 0.4) is 0 Å². The molecule has 0 atom stereocenters. The Morgan fingerprint density at radius 3 is 2.48 bits per heavy atom. The van der Waals surface area contributed by atoms with Crippen molar-refractivity contribution in [3.8, 4) is 0 Å². The fourth-order valence-electron chi connectivity index (χ4n) is 2.16. The first-order valence-corrected chi connectivity index (χ1v) is 7.85. The molecule has 118 valence electrons. The van der Waals surface area contributed by atoms with Gasteiger partial charge < -0.3 is 10.2 Å². The summed E-state index contributed by atoms with van der Waals surface area (Å²) >= 11 is 0. The Labute approximate surface area is 129 Å². The number of likely N-dealkylation sites (N-methyl/N-ethyl adjacent to an activating group) is 1. The van der Waals surface area contributed by atoms with Crippen LogP contribution in [0.5, 0.6) is 0 Å². The maximum Gasteiger partial charge on any atom is 0.234 e. The number of carbonyl (C=O) groups is 1. The van der Waals surface area contributed by atoms with Crippen molar-refractivity contribution in [2.75, 3.05) is 45.2 Å². The van der Waals surface area contributed by atoms with Gasteiger partial charge in [0.15, 0.2) is 0 Å². The molecule has 1 aromatic carbocycles. The first-order valence-electron chi connectivity index (χ1n) is 7.85. The zero-order chi connectivity index (χ0) is 15.5. The number of anilines is 1. The van der Waals surface area contributed by atoms with E-state index in [1.807, 2.05) is 25.2 Å². The molecule has 0 aliphatic rings. The fraction of sp³-hybridized carbons (Fsp3) is 0.588. The van der Waals surface area contributed by atoms with E-state index in [2.05, 4.69) is 41.2 Å². The Morgan fingerprint density at radius 2 is 1.81 bits per heavy atom. The Morgan fingerprint density at radius 1 is 1.10 bits per heavy atom. The van der Waals surface area contributed by atoms with E-state index < -0.39 is 0 Å². The van der Waals surface area contributed by atoms with Crippen LogP contribution < -0.4 is 10.2 Å². The summed E-state index contributed by atoms with van der Waals surface area (Å²) < 4.78 is 0. The van der Waals surface area contributed by atoms with E-state index >= 15 is 0 Å². The monoisotopic (exact) mass is 291 g/mol. The van der Waals surface area contributed by atoms with E-state index in [0.29, 0.717) is 6.54 Å². The quantitative estimate of drug-likeness (QED) is 0.672. The van der Waals surface area contributed by atoms with Crippen molar-refractivity contribution >= 4 is 11.6 Å². The molecule has 0 fully saturated rings. The Hall–Kier alpha value is -1.55. The highest BCUT2D eigenvalue weighted by Crippen LogP contribution is 2.10. The van der Waals surface area contributed by atoms with E-state index in [1.165, 1.54) is 5.69 Å². The molecule has 1 N–H and O–H groups in total. The minimum Gasteiger partial charge on any atom is -0.375 e. The van der Waals surface area contributed by atoms with Gasteiger partial charge in [0.25, 0.3) is 0 Å². The van der Waals surface area contributed by atoms with Gasteiger partial charge in [0.05, 0.1) is 6.54 Å². The summed E-state index contributed by atoms with van der Waals surface area (Å²) in [6.07, 6.45) is 3.26. The van der Waals surface area contributed by atoms with Crippen molar-refractivity contribution in [3.05, 3.63) is 30.3 Å². The van der Waals surface area contributed by atoms with Gasteiger partial charge in [-0.05, 0) is 38.6 Å². The van der Waals surface area contributed by atoms with Gasteiger partial charge in [-0.15, -0.1) is 0 Å². The summed E-state index contributed by atoms with van der Waals surface area (Å²) in [7, 11) is 4.08. The first kappa shape index (κ1) is 17.5. The second kappa shape index (κ2) is 10.2. The highest BCUT2D eigenvalue weighted by molar-refractivity contribution is 5.77. The van der Waals surface area contributed by atoms with Crippen molar-refractivity contribution < 1.29 is 4.79 Å². The molecule has 4 nitrogen and oxygen atoms in total. The average molecular weight is 291 g/mol. The van der Waals surface area contributed by atoms with Gasteiger partial charge in [-0.1, -0.05) is 31.5 Å². The number of unbranched alkanes of at least 4 members (excludes halogenated alkanes) is 1. The van der Waals surface area contributed by atoms with E-state index in [0.717, 1.165) is 38.9 Å². The van der Waals surface area contributed by atoms with Gasteiger partial charge in [0, 0.05) is 25.8 Å². The minimum absolute atomic E-state index is 0.121. The molecule has 1 rings (SSSR count). The van der Waals surface area contributed by atoms with Crippen LogP contribution in [0.4, 0.5) is 5.69 Å². The highest BCUT2D eigenvalue weighted by Gasteiger charge is 2.05. The molecular weight excluding hydrogens is 262 g/mol. The normalized spacial score (nSPS) is 10.7. The predicted octanol–water partition coefficient (Wildman–Crippen LogP) is 2.36. The summed E-state index contributed by atoms with van der Waals surface area (Å²) in [5.41, 5.74) is 1.21. The molecule has 0 saturated carbocycles. The summed E-state index contributed by atoms with van der Waals surface area (Å²) in [5.74, 6) is 0.121. The Kier molecular flexibility index (Phi) is 8.51. The number of rotatable bonds is 10. The van der Waals surface area contributed by atoms with Gasteiger partial charge in [-0.3, -0.25) is 9.69 Å². The number of amides is 1. The van der Waals surface area contributed by atoms with E-state index in [1.54, 1.807) is 0 Å². The Balaban J connectivity index is 2.12. The molecular formula is C17H29N3O. The molecule has 0 spiro atoms. The molecule has 21 heavy (non-hydrogen) atoms. The van der Waals surface area contributed by atoms with Crippen LogP contribution in [0.25, 0.3) is 0 Å². The number of carbonyl (C=O) groups excluding carboxylic acids is 1. The van der Waals surface area contributed by atoms with Crippen LogP contribution >= 0.6 is 0 Å². The molecule has 0 bridgehead atoms. The van der Waals surface area contributed by atoms with Crippen molar-refractivity contribution in [2.45, 2.75) is 26.2 Å². The van der Waals surface area contributed by atoms with E-state index in [-0.39, 0.29) is 5.91 Å². The third-order valence-corrected chi connectivity index (χ3v) is 3.50. The van der Waals surface area contributed by atoms with E-state index in [4.69, 9.17) is 0 Å².